The maximum absolute atomic E-state index is 12.3. The first-order valence-electron chi connectivity index (χ1n) is 6.09. The van der Waals surface area contributed by atoms with Crippen molar-refractivity contribution in [2.45, 2.75) is 17.6 Å². The van der Waals surface area contributed by atoms with Crippen LogP contribution in [0, 0.1) is 6.92 Å². The summed E-state index contributed by atoms with van der Waals surface area (Å²) >= 11 is 0. The molecule has 4 nitrogen and oxygen atoms in total. The summed E-state index contributed by atoms with van der Waals surface area (Å²) in [5.74, 6) is -1.20. The number of aromatic carboxylic acids is 1. The Morgan fingerprint density at radius 3 is 2.55 bits per heavy atom. The third kappa shape index (κ3) is 1.82. The van der Waals surface area contributed by atoms with E-state index >= 15 is 0 Å². The Labute approximate surface area is 116 Å². The number of carboxylic acid groups (broad SMARTS) is 1. The van der Waals surface area contributed by atoms with Crippen LogP contribution in [-0.4, -0.2) is 19.5 Å². The zero-order valence-corrected chi connectivity index (χ0v) is 11.6. The van der Waals surface area contributed by atoms with E-state index in [1.165, 1.54) is 6.07 Å². The highest BCUT2D eigenvalue weighted by atomic mass is 32.2. The molecule has 0 saturated carbocycles. The molecule has 0 spiro atoms. The molecule has 5 heteroatoms. The van der Waals surface area contributed by atoms with Crippen molar-refractivity contribution in [1.82, 2.24) is 0 Å². The summed E-state index contributed by atoms with van der Waals surface area (Å²) in [7, 11) is -3.49. The smallest absolute Gasteiger partial charge is 0.335 e. The summed E-state index contributed by atoms with van der Waals surface area (Å²) < 4.78 is 24.7. The standard InChI is InChI=1S/C15H12O4S/c1-9-6-13-11-5-3-2-4-10(11)8-20(18,19)14(13)7-12(9)15(16)17/h2-7H,8H2,1H3,(H,16,17). The normalized spacial score (nSPS) is 15.2. The predicted octanol–water partition coefficient (Wildman–Crippen LogP) is 2.65. The van der Waals surface area contributed by atoms with E-state index < -0.39 is 15.8 Å². The molecule has 0 bridgehead atoms. The average molecular weight is 288 g/mol. The molecule has 2 aromatic rings. The van der Waals surface area contributed by atoms with Crippen molar-refractivity contribution in [1.29, 1.82) is 0 Å². The van der Waals surface area contributed by atoms with Crippen molar-refractivity contribution in [2.24, 2.45) is 0 Å². The number of hydrogen-bond donors (Lipinski definition) is 1. The first-order valence-corrected chi connectivity index (χ1v) is 7.74. The molecule has 0 saturated heterocycles. The number of sulfone groups is 1. The number of carbonyl (C=O) groups is 1. The lowest BCUT2D eigenvalue weighted by molar-refractivity contribution is 0.0696. The molecule has 1 aliphatic rings. The zero-order chi connectivity index (χ0) is 14.5. The molecule has 3 rings (SSSR count). The molecular formula is C15H12O4S. The number of fused-ring (bicyclic) bond motifs is 3. The lowest BCUT2D eigenvalue weighted by atomic mass is 9.96. The van der Waals surface area contributed by atoms with E-state index in [0.717, 1.165) is 11.1 Å². The maximum atomic E-state index is 12.3. The van der Waals surface area contributed by atoms with Crippen molar-refractivity contribution >= 4 is 15.8 Å². The largest absolute Gasteiger partial charge is 0.478 e. The van der Waals surface area contributed by atoms with Gasteiger partial charge in [-0.15, -0.1) is 0 Å². The summed E-state index contributed by atoms with van der Waals surface area (Å²) in [6, 6.07) is 10.2. The molecule has 0 aliphatic carbocycles. The van der Waals surface area contributed by atoms with Gasteiger partial charge in [0.25, 0.3) is 0 Å². The van der Waals surface area contributed by atoms with Gasteiger partial charge in [0.2, 0.25) is 0 Å². The number of aryl methyl sites for hydroxylation is 1. The van der Waals surface area contributed by atoms with Gasteiger partial charge in [0, 0.05) is 5.56 Å². The van der Waals surface area contributed by atoms with Gasteiger partial charge in [0.15, 0.2) is 9.84 Å². The van der Waals surface area contributed by atoms with Gasteiger partial charge in [-0.05, 0) is 35.7 Å². The minimum atomic E-state index is -3.49. The van der Waals surface area contributed by atoms with E-state index in [9.17, 15) is 13.2 Å². The third-order valence-electron chi connectivity index (χ3n) is 3.55. The number of rotatable bonds is 1. The second-order valence-electron chi connectivity index (χ2n) is 4.88. The van der Waals surface area contributed by atoms with Crippen LogP contribution in [0.2, 0.25) is 0 Å². The van der Waals surface area contributed by atoms with Crippen LogP contribution in [0.25, 0.3) is 11.1 Å². The molecule has 0 aromatic heterocycles. The van der Waals surface area contributed by atoms with Crippen molar-refractivity contribution in [2.75, 3.05) is 0 Å². The fourth-order valence-corrected chi connectivity index (χ4v) is 4.20. The third-order valence-corrected chi connectivity index (χ3v) is 5.24. The monoisotopic (exact) mass is 288 g/mol. The van der Waals surface area contributed by atoms with Gasteiger partial charge in [0.05, 0.1) is 16.2 Å². The fourth-order valence-electron chi connectivity index (χ4n) is 2.58. The Balaban J connectivity index is 2.40. The molecule has 0 unspecified atom stereocenters. The Kier molecular flexibility index (Phi) is 2.69. The molecular weight excluding hydrogens is 276 g/mol. The molecule has 0 radical (unpaired) electrons. The fraction of sp³-hybridized carbons (Fsp3) is 0.133. The first kappa shape index (κ1) is 12.9. The van der Waals surface area contributed by atoms with Crippen LogP contribution < -0.4 is 0 Å². The van der Waals surface area contributed by atoms with Crippen LogP contribution in [-0.2, 0) is 15.6 Å². The molecule has 0 amide bonds. The van der Waals surface area contributed by atoms with Crippen LogP contribution in [0.5, 0.6) is 0 Å². The van der Waals surface area contributed by atoms with Crippen molar-refractivity contribution < 1.29 is 18.3 Å². The highest BCUT2D eigenvalue weighted by Gasteiger charge is 2.29. The van der Waals surface area contributed by atoms with Crippen LogP contribution in [0.3, 0.4) is 0 Å². The molecule has 20 heavy (non-hydrogen) atoms. The van der Waals surface area contributed by atoms with Crippen LogP contribution in [0.1, 0.15) is 21.5 Å². The number of hydrogen-bond acceptors (Lipinski definition) is 3. The molecule has 0 atom stereocenters. The Hall–Kier alpha value is -2.14. The van der Waals surface area contributed by atoms with Gasteiger partial charge in [0.1, 0.15) is 0 Å². The highest BCUT2D eigenvalue weighted by molar-refractivity contribution is 7.90. The van der Waals surface area contributed by atoms with E-state index in [4.69, 9.17) is 5.11 Å². The van der Waals surface area contributed by atoms with Gasteiger partial charge in [-0.2, -0.15) is 0 Å². The predicted molar refractivity (Wildman–Crippen MR) is 74.5 cm³/mol. The quantitative estimate of drug-likeness (QED) is 0.875. The van der Waals surface area contributed by atoms with E-state index in [-0.39, 0.29) is 16.2 Å². The summed E-state index contributed by atoms with van der Waals surface area (Å²) in [4.78, 5) is 11.3. The van der Waals surface area contributed by atoms with Gasteiger partial charge >= 0.3 is 5.97 Å². The minimum absolute atomic E-state index is 0.0340. The summed E-state index contributed by atoms with van der Waals surface area (Å²) in [5.41, 5.74) is 2.80. The Morgan fingerprint density at radius 1 is 1.15 bits per heavy atom. The lowest BCUT2D eigenvalue weighted by Crippen LogP contribution is -2.15. The average Bonchev–Trinajstić information content (AvgIpc) is 2.37. The summed E-state index contributed by atoms with van der Waals surface area (Å²) in [5, 5.41) is 9.14. The SMILES string of the molecule is Cc1cc2c(cc1C(=O)O)S(=O)(=O)Cc1ccccc1-2. The summed E-state index contributed by atoms with van der Waals surface area (Å²) in [6.07, 6.45) is 0. The van der Waals surface area contributed by atoms with Gasteiger partial charge < -0.3 is 5.11 Å². The topological polar surface area (TPSA) is 71.4 Å². The van der Waals surface area contributed by atoms with Crippen molar-refractivity contribution in [3.63, 3.8) is 0 Å². The number of benzene rings is 2. The van der Waals surface area contributed by atoms with Crippen molar-refractivity contribution in [3.8, 4) is 11.1 Å². The Bertz CT molecular complexity index is 835. The van der Waals surface area contributed by atoms with Crippen LogP contribution >= 0.6 is 0 Å². The maximum Gasteiger partial charge on any atom is 0.335 e. The van der Waals surface area contributed by atoms with Gasteiger partial charge in [-0.25, -0.2) is 13.2 Å². The van der Waals surface area contributed by atoms with Crippen LogP contribution in [0.15, 0.2) is 41.3 Å². The van der Waals surface area contributed by atoms with Crippen LogP contribution in [0.4, 0.5) is 0 Å². The van der Waals surface area contributed by atoms with Crippen molar-refractivity contribution in [3.05, 3.63) is 53.1 Å². The second kappa shape index (κ2) is 4.18. The Morgan fingerprint density at radius 2 is 1.85 bits per heavy atom. The molecule has 1 aliphatic heterocycles. The van der Waals surface area contributed by atoms with Gasteiger partial charge in [-0.3, -0.25) is 0 Å². The molecule has 102 valence electrons. The van der Waals surface area contributed by atoms with E-state index in [1.54, 1.807) is 25.1 Å². The van der Waals surface area contributed by atoms with Gasteiger partial charge in [-0.1, -0.05) is 24.3 Å². The number of carboxylic acids is 1. The molecule has 1 N–H and O–H groups in total. The first-order chi connectivity index (χ1) is 9.40. The zero-order valence-electron chi connectivity index (χ0n) is 10.8. The van der Waals surface area contributed by atoms with E-state index in [2.05, 4.69) is 0 Å². The second-order valence-corrected chi connectivity index (χ2v) is 6.84. The highest BCUT2D eigenvalue weighted by Crippen LogP contribution is 2.39. The molecule has 0 fully saturated rings. The molecule has 1 heterocycles. The minimum Gasteiger partial charge on any atom is -0.478 e. The lowest BCUT2D eigenvalue weighted by Gasteiger charge is -2.21. The molecule has 2 aromatic carbocycles. The summed E-state index contributed by atoms with van der Waals surface area (Å²) in [6.45, 7) is 1.67. The van der Waals surface area contributed by atoms with E-state index in [1.807, 2.05) is 12.1 Å². The van der Waals surface area contributed by atoms with E-state index in [0.29, 0.717) is 11.1 Å².